The molecule has 1 radical (unpaired) electrons. The average Bonchev–Trinajstić information content (AvgIpc) is 2.38. The van der Waals surface area contributed by atoms with Crippen LogP contribution < -0.4 is 4.74 Å². The Labute approximate surface area is 94.3 Å². The van der Waals surface area contributed by atoms with Gasteiger partial charge in [0, 0.05) is 5.39 Å². The van der Waals surface area contributed by atoms with E-state index in [1.807, 2.05) is 24.3 Å². The number of ether oxygens (including phenoxy) is 1. The standard InChI is InChI=1S/C15H11O/c1-16-15-10-11-6-2-3-7-12(11)13-8-4-5-9-14(13)15/h2-10H,1H2. The van der Waals surface area contributed by atoms with E-state index >= 15 is 0 Å². The third kappa shape index (κ3) is 1.25. The highest BCUT2D eigenvalue weighted by Crippen LogP contribution is 2.32. The van der Waals surface area contributed by atoms with Crippen LogP contribution in [-0.4, -0.2) is 0 Å². The Balaban J connectivity index is 2.57. The second kappa shape index (κ2) is 3.53. The van der Waals surface area contributed by atoms with E-state index in [-0.39, 0.29) is 0 Å². The molecule has 3 rings (SSSR count). The maximum atomic E-state index is 5.19. The molecule has 0 saturated carbocycles. The number of hydrogen-bond acceptors (Lipinski definition) is 1. The zero-order chi connectivity index (χ0) is 11.0. The van der Waals surface area contributed by atoms with Crippen molar-refractivity contribution < 1.29 is 4.74 Å². The summed E-state index contributed by atoms with van der Waals surface area (Å²) in [4.78, 5) is 0. The Morgan fingerprint density at radius 3 is 2.12 bits per heavy atom. The predicted molar refractivity (Wildman–Crippen MR) is 67.4 cm³/mol. The summed E-state index contributed by atoms with van der Waals surface area (Å²) in [6.45, 7) is 0. The lowest BCUT2D eigenvalue weighted by Crippen LogP contribution is -1.84. The van der Waals surface area contributed by atoms with E-state index in [0.717, 1.165) is 11.1 Å². The highest BCUT2D eigenvalue weighted by atomic mass is 16.5. The van der Waals surface area contributed by atoms with Crippen molar-refractivity contribution >= 4 is 21.5 Å². The number of fused-ring (bicyclic) bond motifs is 3. The molecule has 0 aliphatic rings. The third-order valence-corrected chi connectivity index (χ3v) is 2.89. The highest BCUT2D eigenvalue weighted by molar-refractivity contribution is 6.10. The molecule has 0 heterocycles. The SMILES string of the molecule is [CH2]Oc1cc2ccccc2c2ccccc12. The normalized spacial score (nSPS) is 10.8. The smallest absolute Gasteiger partial charge is 0.127 e. The van der Waals surface area contributed by atoms with Crippen LogP contribution >= 0.6 is 0 Å². The van der Waals surface area contributed by atoms with Crippen molar-refractivity contribution in [2.45, 2.75) is 0 Å². The molecule has 0 aliphatic carbocycles. The summed E-state index contributed by atoms with van der Waals surface area (Å²) in [5, 5.41) is 4.74. The first kappa shape index (κ1) is 9.22. The zero-order valence-corrected chi connectivity index (χ0v) is 8.81. The van der Waals surface area contributed by atoms with Gasteiger partial charge in [0.25, 0.3) is 0 Å². The largest absolute Gasteiger partial charge is 0.489 e. The molecule has 0 atom stereocenters. The Morgan fingerprint density at radius 2 is 1.38 bits per heavy atom. The first-order chi connectivity index (χ1) is 7.90. The summed E-state index contributed by atoms with van der Waals surface area (Å²) in [6.07, 6.45) is 0. The Kier molecular flexibility index (Phi) is 2.03. The molecule has 1 heteroatoms. The van der Waals surface area contributed by atoms with Crippen molar-refractivity contribution in [3.05, 3.63) is 61.7 Å². The van der Waals surface area contributed by atoms with Gasteiger partial charge in [-0.1, -0.05) is 48.5 Å². The van der Waals surface area contributed by atoms with Crippen molar-refractivity contribution in [1.29, 1.82) is 0 Å². The first-order valence-corrected chi connectivity index (χ1v) is 5.22. The summed E-state index contributed by atoms with van der Waals surface area (Å²) in [5.41, 5.74) is 0. The van der Waals surface area contributed by atoms with Gasteiger partial charge < -0.3 is 4.74 Å². The molecule has 0 aromatic heterocycles. The molecule has 0 saturated heterocycles. The molecule has 16 heavy (non-hydrogen) atoms. The zero-order valence-electron chi connectivity index (χ0n) is 8.81. The maximum Gasteiger partial charge on any atom is 0.127 e. The van der Waals surface area contributed by atoms with Gasteiger partial charge in [-0.25, -0.2) is 0 Å². The number of hydrogen-bond donors (Lipinski definition) is 0. The van der Waals surface area contributed by atoms with Gasteiger partial charge in [-0.15, -0.1) is 0 Å². The molecule has 3 aromatic rings. The van der Waals surface area contributed by atoms with Gasteiger partial charge >= 0.3 is 0 Å². The maximum absolute atomic E-state index is 5.19. The highest BCUT2D eigenvalue weighted by Gasteiger charge is 2.05. The van der Waals surface area contributed by atoms with E-state index in [0.29, 0.717) is 0 Å². The molecule has 0 amide bonds. The van der Waals surface area contributed by atoms with E-state index in [4.69, 9.17) is 4.74 Å². The molecule has 3 aromatic carbocycles. The van der Waals surface area contributed by atoms with E-state index in [1.54, 1.807) is 0 Å². The molecule has 0 bridgehead atoms. The molecule has 0 fully saturated rings. The monoisotopic (exact) mass is 207 g/mol. The summed E-state index contributed by atoms with van der Waals surface area (Å²) in [6, 6.07) is 18.6. The van der Waals surface area contributed by atoms with Gasteiger partial charge in [-0.2, -0.15) is 0 Å². The molecular weight excluding hydrogens is 196 g/mol. The Morgan fingerprint density at radius 1 is 0.750 bits per heavy atom. The van der Waals surface area contributed by atoms with Gasteiger partial charge in [-0.05, 0) is 22.2 Å². The topological polar surface area (TPSA) is 9.23 Å². The minimum atomic E-state index is 0.828. The van der Waals surface area contributed by atoms with Crippen molar-refractivity contribution in [1.82, 2.24) is 0 Å². The first-order valence-electron chi connectivity index (χ1n) is 5.22. The fourth-order valence-corrected chi connectivity index (χ4v) is 2.14. The molecular formula is C15H11O. The van der Waals surface area contributed by atoms with Gasteiger partial charge in [-0.3, -0.25) is 0 Å². The molecule has 0 unspecified atom stereocenters. The number of rotatable bonds is 1. The molecule has 0 spiro atoms. The van der Waals surface area contributed by atoms with Gasteiger partial charge in [0.2, 0.25) is 0 Å². The van der Waals surface area contributed by atoms with Gasteiger partial charge in [0.15, 0.2) is 0 Å². The Hall–Kier alpha value is -2.02. The van der Waals surface area contributed by atoms with Crippen molar-refractivity contribution in [2.24, 2.45) is 0 Å². The predicted octanol–water partition coefficient (Wildman–Crippen LogP) is 4.16. The minimum absolute atomic E-state index is 0.828. The average molecular weight is 207 g/mol. The van der Waals surface area contributed by atoms with Crippen LogP contribution in [0.4, 0.5) is 0 Å². The third-order valence-electron chi connectivity index (χ3n) is 2.89. The van der Waals surface area contributed by atoms with Crippen LogP contribution in [0.2, 0.25) is 0 Å². The second-order valence-corrected chi connectivity index (χ2v) is 3.79. The summed E-state index contributed by atoms with van der Waals surface area (Å²) in [5.74, 6) is 0.828. The van der Waals surface area contributed by atoms with E-state index in [2.05, 4.69) is 37.4 Å². The molecule has 77 valence electrons. The number of benzene rings is 3. The fourth-order valence-electron chi connectivity index (χ4n) is 2.14. The van der Waals surface area contributed by atoms with E-state index in [1.165, 1.54) is 16.2 Å². The fraction of sp³-hybridized carbons (Fsp3) is 0. The summed E-state index contributed by atoms with van der Waals surface area (Å²) >= 11 is 0. The minimum Gasteiger partial charge on any atom is -0.489 e. The van der Waals surface area contributed by atoms with Crippen LogP contribution in [0.1, 0.15) is 0 Å². The van der Waals surface area contributed by atoms with Crippen LogP contribution in [0.3, 0.4) is 0 Å². The lowest BCUT2D eigenvalue weighted by atomic mass is 10.0. The molecule has 0 aliphatic heterocycles. The van der Waals surface area contributed by atoms with Crippen LogP contribution in [0.5, 0.6) is 5.75 Å². The van der Waals surface area contributed by atoms with Crippen LogP contribution in [0.15, 0.2) is 54.6 Å². The van der Waals surface area contributed by atoms with Crippen LogP contribution in [0, 0.1) is 7.11 Å². The summed E-state index contributed by atoms with van der Waals surface area (Å²) in [7, 11) is 3.51. The van der Waals surface area contributed by atoms with Gasteiger partial charge in [0.05, 0.1) is 0 Å². The van der Waals surface area contributed by atoms with Gasteiger partial charge in [0.1, 0.15) is 12.9 Å². The Bertz CT molecular complexity index is 656. The van der Waals surface area contributed by atoms with Crippen molar-refractivity contribution in [3.63, 3.8) is 0 Å². The lowest BCUT2D eigenvalue weighted by Gasteiger charge is -2.08. The lowest BCUT2D eigenvalue weighted by molar-refractivity contribution is 0.479. The van der Waals surface area contributed by atoms with E-state index in [9.17, 15) is 0 Å². The molecule has 1 nitrogen and oxygen atoms in total. The van der Waals surface area contributed by atoms with Crippen molar-refractivity contribution in [3.8, 4) is 5.75 Å². The summed E-state index contributed by atoms with van der Waals surface area (Å²) < 4.78 is 5.19. The van der Waals surface area contributed by atoms with Crippen LogP contribution in [-0.2, 0) is 0 Å². The van der Waals surface area contributed by atoms with Crippen molar-refractivity contribution in [2.75, 3.05) is 0 Å². The van der Waals surface area contributed by atoms with Crippen LogP contribution in [0.25, 0.3) is 21.5 Å². The quantitative estimate of drug-likeness (QED) is 0.544. The molecule has 0 N–H and O–H groups in total. The second-order valence-electron chi connectivity index (χ2n) is 3.79. The van der Waals surface area contributed by atoms with E-state index < -0.39 is 0 Å².